The van der Waals surface area contributed by atoms with E-state index in [1.165, 1.54) is 33.2 Å². The number of nitrogens with one attached hydrogen (secondary N) is 1. The zero-order valence-electron chi connectivity index (χ0n) is 16.0. The van der Waals surface area contributed by atoms with Gasteiger partial charge >= 0.3 is 0 Å². The third kappa shape index (κ3) is 3.99. The monoisotopic (exact) mass is 419 g/mol. The van der Waals surface area contributed by atoms with Gasteiger partial charge in [0.25, 0.3) is 0 Å². The molecule has 1 aliphatic carbocycles. The molecule has 4 rings (SSSR count). The Labute approximate surface area is 170 Å². The number of anilines is 1. The number of amides is 1. The van der Waals surface area contributed by atoms with Gasteiger partial charge in [0.2, 0.25) is 15.9 Å². The van der Waals surface area contributed by atoms with Crippen LogP contribution in [0.2, 0.25) is 0 Å². The Balaban J connectivity index is 1.37. The van der Waals surface area contributed by atoms with Crippen LogP contribution in [0.15, 0.2) is 23.6 Å². The quantitative estimate of drug-likeness (QED) is 0.806. The molecule has 1 aromatic carbocycles. The molecule has 0 spiro atoms. The molecular weight excluding hydrogens is 394 g/mol. The summed E-state index contributed by atoms with van der Waals surface area (Å²) in [6, 6.07) is 6.51. The second-order valence-electron chi connectivity index (χ2n) is 7.44. The van der Waals surface area contributed by atoms with E-state index in [1.54, 1.807) is 6.92 Å². The number of aryl methyl sites for hydroxylation is 2. The molecule has 1 amide bonds. The van der Waals surface area contributed by atoms with E-state index in [2.05, 4.69) is 28.5 Å². The summed E-state index contributed by atoms with van der Waals surface area (Å²) in [6.45, 7) is 2.47. The molecule has 8 heteroatoms. The van der Waals surface area contributed by atoms with Crippen molar-refractivity contribution in [2.45, 2.75) is 39.0 Å². The largest absolute Gasteiger partial charge is 0.302 e. The number of rotatable bonds is 5. The number of piperidine rings is 1. The van der Waals surface area contributed by atoms with Crippen molar-refractivity contribution in [1.82, 2.24) is 9.29 Å². The Kier molecular flexibility index (Phi) is 5.53. The topological polar surface area (TPSA) is 79.4 Å². The van der Waals surface area contributed by atoms with Crippen LogP contribution < -0.4 is 5.32 Å². The van der Waals surface area contributed by atoms with Gasteiger partial charge in [-0.05, 0) is 56.2 Å². The van der Waals surface area contributed by atoms with Crippen molar-refractivity contribution in [2.75, 3.05) is 24.2 Å². The van der Waals surface area contributed by atoms with Crippen LogP contribution in [0.4, 0.5) is 5.13 Å². The normalized spacial score (nSPS) is 18.2. The molecule has 2 aromatic rings. The van der Waals surface area contributed by atoms with E-state index in [1.807, 2.05) is 5.38 Å². The fourth-order valence-corrected chi connectivity index (χ4v) is 5.84. The molecule has 0 unspecified atom stereocenters. The van der Waals surface area contributed by atoms with Gasteiger partial charge in [-0.3, -0.25) is 4.79 Å². The fraction of sp³-hybridized carbons (Fsp3) is 0.500. The van der Waals surface area contributed by atoms with Crippen molar-refractivity contribution in [2.24, 2.45) is 5.92 Å². The molecular formula is C20H25N3O3S2. The molecule has 0 saturated carbocycles. The molecule has 2 heterocycles. The third-order valence-electron chi connectivity index (χ3n) is 5.71. The molecule has 1 N–H and O–H groups in total. The van der Waals surface area contributed by atoms with E-state index in [4.69, 9.17) is 0 Å². The smallest absolute Gasteiger partial charge is 0.229 e. The summed E-state index contributed by atoms with van der Waals surface area (Å²) < 4.78 is 25.4. The SMILES string of the molecule is CCS(=O)(=O)N1CCC(C(=O)Nc2nc(-c3ccc4c(c3)CCC4)cs2)CC1. The standard InChI is InChI=1S/C20H25N3O3S2/c1-2-28(25,26)23-10-8-15(9-11-23)19(24)22-20-21-18(13-27-20)17-7-6-14-4-3-5-16(14)12-17/h6-7,12-13,15H,2-5,8-11H2,1H3,(H,21,22,24). The highest BCUT2D eigenvalue weighted by Gasteiger charge is 2.30. The summed E-state index contributed by atoms with van der Waals surface area (Å²) in [7, 11) is -3.17. The first-order valence-electron chi connectivity index (χ1n) is 9.82. The highest BCUT2D eigenvalue weighted by Crippen LogP contribution is 2.30. The minimum atomic E-state index is -3.17. The molecule has 28 heavy (non-hydrogen) atoms. The van der Waals surface area contributed by atoms with Crippen LogP contribution in [-0.4, -0.2) is 42.5 Å². The summed E-state index contributed by atoms with van der Waals surface area (Å²) >= 11 is 1.43. The van der Waals surface area contributed by atoms with Crippen LogP contribution in [-0.2, 0) is 27.7 Å². The minimum Gasteiger partial charge on any atom is -0.302 e. The summed E-state index contributed by atoms with van der Waals surface area (Å²) in [5.41, 5.74) is 4.82. The van der Waals surface area contributed by atoms with E-state index in [9.17, 15) is 13.2 Å². The van der Waals surface area contributed by atoms with Crippen molar-refractivity contribution in [3.05, 3.63) is 34.7 Å². The number of carbonyl (C=O) groups is 1. The molecule has 0 bridgehead atoms. The number of carbonyl (C=O) groups excluding carboxylic acids is 1. The van der Waals surface area contributed by atoms with Gasteiger partial charge in [-0.1, -0.05) is 12.1 Å². The number of hydrogen-bond donors (Lipinski definition) is 1. The summed E-state index contributed by atoms with van der Waals surface area (Å²) in [5.74, 6) is -0.131. The van der Waals surface area contributed by atoms with Gasteiger partial charge in [-0.15, -0.1) is 11.3 Å². The van der Waals surface area contributed by atoms with E-state index < -0.39 is 10.0 Å². The van der Waals surface area contributed by atoms with Gasteiger partial charge in [-0.2, -0.15) is 0 Å². The molecule has 1 saturated heterocycles. The van der Waals surface area contributed by atoms with Crippen LogP contribution >= 0.6 is 11.3 Å². The van der Waals surface area contributed by atoms with E-state index in [0.717, 1.165) is 24.1 Å². The van der Waals surface area contributed by atoms with Gasteiger partial charge in [0.05, 0.1) is 11.4 Å². The molecule has 0 atom stereocenters. The maximum atomic E-state index is 12.6. The Morgan fingerprint density at radius 3 is 2.75 bits per heavy atom. The average Bonchev–Trinajstić information content (AvgIpc) is 3.36. The number of benzene rings is 1. The highest BCUT2D eigenvalue weighted by molar-refractivity contribution is 7.89. The average molecular weight is 420 g/mol. The zero-order chi connectivity index (χ0) is 19.7. The Morgan fingerprint density at radius 1 is 1.25 bits per heavy atom. The van der Waals surface area contributed by atoms with E-state index >= 15 is 0 Å². The predicted molar refractivity (Wildman–Crippen MR) is 112 cm³/mol. The Morgan fingerprint density at radius 2 is 2.00 bits per heavy atom. The lowest BCUT2D eigenvalue weighted by Gasteiger charge is -2.30. The van der Waals surface area contributed by atoms with Crippen LogP contribution in [0.3, 0.4) is 0 Å². The molecule has 1 aliphatic heterocycles. The van der Waals surface area contributed by atoms with Crippen LogP contribution in [0.1, 0.15) is 37.3 Å². The second-order valence-corrected chi connectivity index (χ2v) is 10.6. The highest BCUT2D eigenvalue weighted by atomic mass is 32.2. The molecule has 1 fully saturated rings. The fourth-order valence-electron chi connectivity index (χ4n) is 3.98. The van der Waals surface area contributed by atoms with Crippen molar-refractivity contribution in [3.8, 4) is 11.3 Å². The lowest BCUT2D eigenvalue weighted by Crippen LogP contribution is -2.42. The van der Waals surface area contributed by atoms with Crippen LogP contribution in [0.5, 0.6) is 0 Å². The van der Waals surface area contributed by atoms with Crippen molar-refractivity contribution < 1.29 is 13.2 Å². The van der Waals surface area contributed by atoms with Crippen molar-refractivity contribution >= 4 is 32.4 Å². The van der Waals surface area contributed by atoms with Gasteiger partial charge in [0, 0.05) is 30.0 Å². The van der Waals surface area contributed by atoms with Crippen LogP contribution in [0, 0.1) is 5.92 Å². The predicted octanol–water partition coefficient (Wildman–Crippen LogP) is 3.30. The van der Waals surface area contributed by atoms with Crippen molar-refractivity contribution in [3.63, 3.8) is 0 Å². The number of fused-ring (bicyclic) bond motifs is 1. The van der Waals surface area contributed by atoms with Gasteiger partial charge in [-0.25, -0.2) is 17.7 Å². The molecule has 2 aliphatic rings. The minimum absolute atomic E-state index is 0.0663. The summed E-state index contributed by atoms with van der Waals surface area (Å²) in [4.78, 5) is 17.2. The van der Waals surface area contributed by atoms with Gasteiger partial charge in [0.1, 0.15) is 0 Å². The lowest BCUT2D eigenvalue weighted by molar-refractivity contribution is -0.120. The second kappa shape index (κ2) is 7.93. The number of thiazole rings is 1. The first kappa shape index (κ1) is 19.5. The molecule has 0 radical (unpaired) electrons. The van der Waals surface area contributed by atoms with Gasteiger partial charge in [0.15, 0.2) is 5.13 Å². The van der Waals surface area contributed by atoms with Crippen LogP contribution in [0.25, 0.3) is 11.3 Å². The number of hydrogen-bond acceptors (Lipinski definition) is 5. The summed E-state index contributed by atoms with van der Waals surface area (Å²) in [6.07, 6.45) is 4.60. The third-order valence-corrected chi connectivity index (χ3v) is 8.35. The lowest BCUT2D eigenvalue weighted by atomic mass is 9.97. The Hall–Kier alpha value is -1.77. The molecule has 150 valence electrons. The maximum Gasteiger partial charge on any atom is 0.229 e. The van der Waals surface area contributed by atoms with E-state index in [0.29, 0.717) is 31.1 Å². The summed E-state index contributed by atoms with van der Waals surface area (Å²) in [5, 5.41) is 5.50. The number of nitrogens with zero attached hydrogens (tertiary/aromatic N) is 2. The Bertz CT molecular complexity index is 976. The van der Waals surface area contributed by atoms with E-state index in [-0.39, 0.29) is 17.6 Å². The first-order valence-corrected chi connectivity index (χ1v) is 12.3. The van der Waals surface area contributed by atoms with Crippen molar-refractivity contribution in [1.29, 1.82) is 0 Å². The zero-order valence-corrected chi connectivity index (χ0v) is 17.6. The number of sulfonamides is 1. The first-order chi connectivity index (χ1) is 13.5. The molecule has 1 aromatic heterocycles. The maximum absolute atomic E-state index is 12.6. The van der Waals surface area contributed by atoms with Gasteiger partial charge < -0.3 is 5.32 Å². The molecule has 6 nitrogen and oxygen atoms in total. The number of aromatic nitrogens is 1.